The molecule has 0 radical (unpaired) electrons. The zero-order chi connectivity index (χ0) is 28.5. The molecule has 2 amide bonds. The third kappa shape index (κ3) is 6.94. The van der Waals surface area contributed by atoms with Crippen LogP contribution in [0.5, 0.6) is 0 Å². The summed E-state index contributed by atoms with van der Waals surface area (Å²) < 4.78 is 104. The van der Waals surface area contributed by atoms with Gasteiger partial charge in [-0.05, 0) is 50.9 Å². The molecule has 0 spiro atoms. The first-order valence-corrected chi connectivity index (χ1v) is 13.9. The molecule has 7 nitrogen and oxygen atoms in total. The molecular formula is C24H29F6N3O4S. The first-order chi connectivity index (χ1) is 17.5. The number of unbranched alkanes of at least 4 members (excludes halogenated alkanes) is 3. The van der Waals surface area contributed by atoms with Crippen LogP contribution in [0.1, 0.15) is 50.2 Å². The summed E-state index contributed by atoms with van der Waals surface area (Å²) in [5.74, 6) is -1.68. The quantitative estimate of drug-likeness (QED) is 0.250. The Bertz CT molecular complexity index is 1200. The van der Waals surface area contributed by atoms with Gasteiger partial charge in [-0.2, -0.15) is 30.6 Å². The van der Waals surface area contributed by atoms with Gasteiger partial charge in [0, 0.05) is 37.3 Å². The topological polar surface area (TPSA) is 78.0 Å². The van der Waals surface area contributed by atoms with Crippen molar-refractivity contribution in [1.29, 1.82) is 0 Å². The second-order valence-electron chi connectivity index (χ2n) is 9.44. The van der Waals surface area contributed by atoms with Gasteiger partial charge in [-0.1, -0.05) is 12.8 Å². The van der Waals surface area contributed by atoms with Crippen molar-refractivity contribution in [1.82, 2.24) is 9.21 Å². The maximum absolute atomic E-state index is 13.3. The van der Waals surface area contributed by atoms with Gasteiger partial charge < -0.3 is 4.90 Å². The van der Waals surface area contributed by atoms with E-state index in [1.807, 2.05) is 0 Å². The highest BCUT2D eigenvalue weighted by Gasteiger charge is 2.44. The van der Waals surface area contributed by atoms with Gasteiger partial charge in [-0.15, -0.1) is 0 Å². The van der Waals surface area contributed by atoms with E-state index in [1.165, 1.54) is 17.5 Å². The minimum atomic E-state index is -5.33. The summed E-state index contributed by atoms with van der Waals surface area (Å²) in [6.45, 7) is 4.35. The molecule has 212 valence electrons. The van der Waals surface area contributed by atoms with E-state index in [0.717, 1.165) is 25.8 Å². The number of amides is 2. The number of imide groups is 1. The van der Waals surface area contributed by atoms with E-state index < -0.39 is 51.0 Å². The van der Waals surface area contributed by atoms with E-state index in [9.17, 15) is 44.3 Å². The van der Waals surface area contributed by atoms with E-state index in [4.69, 9.17) is 0 Å². The summed E-state index contributed by atoms with van der Waals surface area (Å²) in [5.41, 5.74) is -4.22. The summed E-state index contributed by atoms with van der Waals surface area (Å²) in [5, 5.41) is 0. The average molecular weight is 570 g/mol. The third-order valence-corrected chi connectivity index (χ3v) is 8.06. The minimum absolute atomic E-state index is 0.0622. The molecule has 0 unspecified atom stereocenters. The minimum Gasteiger partial charge on any atom is -0.301 e. The standard InChI is InChI=1S/C24H29F6N3O4S/c1-16-18(7-5-3-4-6-10-31-11-13-32(14-12-31)38(2,36)37)22(35)33(21(16)34)17-8-9-19(23(25,26)27)20(15-17)24(28,29)30/h8-9,15H,3-7,10-14H2,1-2H3. The summed E-state index contributed by atoms with van der Waals surface area (Å²) in [6.07, 6.45) is -6.26. The summed E-state index contributed by atoms with van der Waals surface area (Å²) in [4.78, 5) is 28.2. The Hall–Kier alpha value is -2.45. The van der Waals surface area contributed by atoms with Gasteiger partial charge in [0.15, 0.2) is 0 Å². The summed E-state index contributed by atoms with van der Waals surface area (Å²) in [6, 6.07) is 1.11. The lowest BCUT2D eigenvalue weighted by atomic mass is 10.0. The van der Waals surface area contributed by atoms with Crippen LogP contribution in [0.15, 0.2) is 29.3 Å². The molecule has 0 aliphatic carbocycles. The van der Waals surface area contributed by atoms with E-state index in [2.05, 4.69) is 4.90 Å². The lowest BCUT2D eigenvalue weighted by Gasteiger charge is -2.33. The Labute approximate surface area is 217 Å². The predicted molar refractivity (Wildman–Crippen MR) is 128 cm³/mol. The second-order valence-corrected chi connectivity index (χ2v) is 11.4. The molecule has 3 rings (SSSR count). The molecule has 2 aliphatic rings. The number of carbonyl (C=O) groups excluding carboxylic acids is 2. The fourth-order valence-corrected chi connectivity index (χ4v) is 5.47. The highest BCUT2D eigenvalue weighted by molar-refractivity contribution is 7.88. The van der Waals surface area contributed by atoms with Crippen molar-refractivity contribution in [2.75, 3.05) is 43.9 Å². The Morgan fingerprint density at radius 3 is 1.95 bits per heavy atom. The molecule has 2 heterocycles. The number of sulfonamides is 1. The van der Waals surface area contributed by atoms with Crippen LogP contribution in [0.2, 0.25) is 0 Å². The highest BCUT2D eigenvalue weighted by atomic mass is 32.2. The van der Waals surface area contributed by atoms with Crippen LogP contribution in [0.25, 0.3) is 0 Å². The van der Waals surface area contributed by atoms with Crippen LogP contribution in [0.3, 0.4) is 0 Å². The van der Waals surface area contributed by atoms with E-state index in [0.29, 0.717) is 43.6 Å². The predicted octanol–water partition coefficient (Wildman–Crippen LogP) is 4.44. The number of anilines is 1. The van der Waals surface area contributed by atoms with Gasteiger partial charge in [-0.3, -0.25) is 9.59 Å². The third-order valence-electron chi connectivity index (χ3n) is 6.76. The molecule has 14 heteroatoms. The molecule has 0 N–H and O–H groups in total. The Kier molecular flexibility index (Phi) is 8.98. The molecule has 0 bridgehead atoms. The molecule has 1 fully saturated rings. The molecular weight excluding hydrogens is 540 g/mol. The molecule has 1 aromatic carbocycles. The van der Waals surface area contributed by atoms with Crippen LogP contribution < -0.4 is 4.90 Å². The zero-order valence-electron chi connectivity index (χ0n) is 21.0. The summed E-state index contributed by atoms with van der Waals surface area (Å²) >= 11 is 0. The molecule has 0 aromatic heterocycles. The Balaban J connectivity index is 1.54. The smallest absolute Gasteiger partial charge is 0.301 e. The van der Waals surface area contributed by atoms with Crippen molar-refractivity contribution in [3.8, 4) is 0 Å². The van der Waals surface area contributed by atoms with Crippen molar-refractivity contribution in [2.24, 2.45) is 0 Å². The Morgan fingerprint density at radius 1 is 0.816 bits per heavy atom. The van der Waals surface area contributed by atoms with Crippen molar-refractivity contribution >= 4 is 27.5 Å². The fraction of sp³-hybridized carbons (Fsp3) is 0.583. The number of piperazine rings is 1. The largest absolute Gasteiger partial charge is 0.417 e. The number of nitrogens with zero attached hydrogens (tertiary/aromatic N) is 3. The van der Waals surface area contributed by atoms with Crippen LogP contribution >= 0.6 is 0 Å². The van der Waals surface area contributed by atoms with Crippen LogP contribution in [-0.4, -0.2) is 68.4 Å². The first kappa shape index (κ1) is 30.1. The van der Waals surface area contributed by atoms with Gasteiger partial charge in [0.2, 0.25) is 10.0 Å². The fourth-order valence-electron chi connectivity index (χ4n) is 4.64. The number of halogens is 6. The van der Waals surface area contributed by atoms with Crippen LogP contribution in [0.4, 0.5) is 32.0 Å². The average Bonchev–Trinajstić information content (AvgIpc) is 3.02. The second kappa shape index (κ2) is 11.3. The Morgan fingerprint density at radius 2 is 1.39 bits per heavy atom. The molecule has 0 atom stereocenters. The number of hydrogen-bond donors (Lipinski definition) is 0. The molecule has 38 heavy (non-hydrogen) atoms. The lowest BCUT2D eigenvalue weighted by Crippen LogP contribution is -2.48. The van der Waals surface area contributed by atoms with Crippen LogP contribution in [-0.2, 0) is 32.0 Å². The van der Waals surface area contributed by atoms with Gasteiger partial charge >= 0.3 is 12.4 Å². The first-order valence-electron chi connectivity index (χ1n) is 12.1. The van der Waals surface area contributed by atoms with Crippen molar-refractivity contribution in [2.45, 2.75) is 51.4 Å². The molecule has 1 saturated heterocycles. The number of carbonyl (C=O) groups is 2. The normalized spacial score (nSPS) is 18.7. The SMILES string of the molecule is CC1=C(CCCCCCN2CCN(S(C)(=O)=O)CC2)C(=O)N(c2ccc(C(F)(F)F)c(C(F)(F)F)c2)C1=O. The van der Waals surface area contributed by atoms with Gasteiger partial charge in [0.05, 0.1) is 23.1 Å². The maximum atomic E-state index is 13.3. The zero-order valence-corrected chi connectivity index (χ0v) is 21.8. The lowest BCUT2D eigenvalue weighted by molar-refractivity contribution is -0.162. The van der Waals surface area contributed by atoms with Crippen molar-refractivity contribution in [3.05, 3.63) is 40.5 Å². The molecule has 1 aromatic rings. The maximum Gasteiger partial charge on any atom is 0.417 e. The monoisotopic (exact) mass is 569 g/mol. The molecule has 2 aliphatic heterocycles. The summed E-state index contributed by atoms with van der Waals surface area (Å²) in [7, 11) is -3.19. The van der Waals surface area contributed by atoms with E-state index in [1.54, 1.807) is 0 Å². The van der Waals surface area contributed by atoms with Gasteiger partial charge in [-0.25, -0.2) is 13.3 Å². The van der Waals surface area contributed by atoms with E-state index in [-0.39, 0.29) is 29.7 Å². The number of rotatable bonds is 9. The highest BCUT2D eigenvalue weighted by Crippen LogP contribution is 2.42. The van der Waals surface area contributed by atoms with Gasteiger partial charge in [0.25, 0.3) is 11.8 Å². The van der Waals surface area contributed by atoms with Crippen molar-refractivity contribution in [3.63, 3.8) is 0 Å². The van der Waals surface area contributed by atoms with Gasteiger partial charge in [0.1, 0.15) is 0 Å². The van der Waals surface area contributed by atoms with Crippen LogP contribution in [0, 0.1) is 0 Å². The number of benzene rings is 1. The molecule has 0 saturated carbocycles. The van der Waals surface area contributed by atoms with E-state index >= 15 is 0 Å². The van der Waals surface area contributed by atoms with Crippen molar-refractivity contribution < 1.29 is 44.3 Å². The number of hydrogen-bond acceptors (Lipinski definition) is 5. The number of alkyl halides is 6.